The molecule has 7 nitrogen and oxygen atoms in total. The summed E-state index contributed by atoms with van der Waals surface area (Å²) in [4.78, 5) is 25.4. The van der Waals surface area contributed by atoms with Gasteiger partial charge in [-0.2, -0.15) is 21.6 Å². The first-order chi connectivity index (χ1) is 15.8. The quantitative estimate of drug-likeness (QED) is 0.216. The number of nitrogens with two attached hydrogens (primary N) is 1. The molecule has 34 heavy (non-hydrogen) atoms. The molecule has 1 aliphatic carbocycles. The van der Waals surface area contributed by atoms with E-state index in [1.165, 1.54) is 24.3 Å². The average molecular weight is 494 g/mol. The van der Waals surface area contributed by atoms with Crippen LogP contribution in [-0.4, -0.2) is 24.5 Å². The van der Waals surface area contributed by atoms with Crippen LogP contribution in [0.4, 0.5) is 34.6 Å². The third-order valence-corrected chi connectivity index (χ3v) is 6.12. The summed E-state index contributed by atoms with van der Waals surface area (Å²) in [6.07, 6.45) is -4.83. The summed E-state index contributed by atoms with van der Waals surface area (Å²) in [5, 5.41) is 2.47. The number of halogens is 4. The maximum Gasteiger partial charge on any atom is 0.416 e. The van der Waals surface area contributed by atoms with Gasteiger partial charge in [-0.3, -0.25) is 14.1 Å². The number of hydrogen-bond donors (Lipinski definition) is 3. The first kappa shape index (κ1) is 23.4. The van der Waals surface area contributed by atoms with Crippen molar-refractivity contribution in [2.24, 2.45) is 0 Å². The van der Waals surface area contributed by atoms with Gasteiger partial charge in [-0.1, -0.05) is 24.3 Å². The molecule has 4 N–H and O–H groups in total. The molecule has 0 aromatic heterocycles. The van der Waals surface area contributed by atoms with Crippen molar-refractivity contribution < 1.29 is 40.1 Å². The van der Waals surface area contributed by atoms with E-state index in [0.717, 1.165) is 12.1 Å². The number of ketones is 2. The minimum Gasteiger partial charge on any atom is -0.397 e. The van der Waals surface area contributed by atoms with Crippen molar-refractivity contribution in [3.63, 3.8) is 0 Å². The second-order valence-electron chi connectivity index (χ2n) is 7.44. The highest BCUT2D eigenvalue weighted by Gasteiger charge is 2.37. The Balaban J connectivity index is 2.00. The lowest BCUT2D eigenvalue weighted by Crippen LogP contribution is -2.25. The van der Waals surface area contributed by atoms with E-state index in [1.807, 2.05) is 0 Å². The number of carbonyl (C=O) groups excluding carboxylic acids is 2. The Hall–Kier alpha value is -3.77. The standard InChI is InChI=1S/C22H14F4N2O5S/c23-9-10-5-11(22(24,25)26)7-12(6-10)28-15-8-16(34(31,32)33)19(27)18-17(15)20(29)13-3-1-2-4-14(13)21(18)30/h1-8,28H,9,27H2,(H,31,32,33). The first-order valence-electron chi connectivity index (χ1n) is 9.49. The molecule has 0 radical (unpaired) electrons. The van der Waals surface area contributed by atoms with E-state index in [2.05, 4.69) is 5.32 Å². The number of hydrogen-bond acceptors (Lipinski definition) is 6. The summed E-state index contributed by atoms with van der Waals surface area (Å²) in [6.45, 7) is -1.24. The average Bonchev–Trinajstić information content (AvgIpc) is 2.76. The van der Waals surface area contributed by atoms with Gasteiger partial charge in [-0.05, 0) is 29.8 Å². The van der Waals surface area contributed by atoms with E-state index in [-0.39, 0.29) is 22.4 Å². The summed E-state index contributed by atoms with van der Waals surface area (Å²) in [5.74, 6) is -1.57. The molecule has 0 amide bonds. The lowest BCUT2D eigenvalue weighted by Gasteiger charge is -2.24. The van der Waals surface area contributed by atoms with Crippen LogP contribution < -0.4 is 11.1 Å². The van der Waals surface area contributed by atoms with Crippen molar-refractivity contribution in [3.8, 4) is 0 Å². The molecule has 0 heterocycles. The molecule has 0 aliphatic heterocycles. The number of alkyl halides is 4. The Labute approximate surface area is 190 Å². The molecule has 4 rings (SSSR count). The van der Waals surface area contributed by atoms with E-state index in [0.29, 0.717) is 12.1 Å². The van der Waals surface area contributed by atoms with Crippen molar-refractivity contribution in [1.82, 2.24) is 0 Å². The highest BCUT2D eigenvalue weighted by molar-refractivity contribution is 7.86. The Morgan fingerprint density at radius 3 is 2.06 bits per heavy atom. The molecule has 176 valence electrons. The fourth-order valence-electron chi connectivity index (χ4n) is 3.77. The highest BCUT2D eigenvalue weighted by Crippen LogP contribution is 2.41. The second kappa shape index (κ2) is 7.92. The fraction of sp³-hybridized carbons (Fsp3) is 0.0909. The van der Waals surface area contributed by atoms with Gasteiger partial charge >= 0.3 is 6.18 Å². The van der Waals surface area contributed by atoms with Gasteiger partial charge in [0.05, 0.1) is 28.1 Å². The van der Waals surface area contributed by atoms with Gasteiger partial charge < -0.3 is 11.1 Å². The van der Waals surface area contributed by atoms with Gasteiger partial charge in [0.1, 0.15) is 11.6 Å². The minimum absolute atomic E-state index is 0.0319. The van der Waals surface area contributed by atoms with E-state index >= 15 is 0 Å². The zero-order valence-corrected chi connectivity index (χ0v) is 17.7. The number of nitrogens with one attached hydrogen (secondary N) is 1. The van der Waals surface area contributed by atoms with Crippen LogP contribution in [0, 0.1) is 0 Å². The van der Waals surface area contributed by atoms with Gasteiger partial charge in [-0.15, -0.1) is 0 Å². The van der Waals surface area contributed by atoms with Gasteiger partial charge in [0, 0.05) is 16.8 Å². The zero-order valence-electron chi connectivity index (χ0n) is 16.9. The Morgan fingerprint density at radius 1 is 0.941 bits per heavy atom. The van der Waals surface area contributed by atoms with Gasteiger partial charge in [0.25, 0.3) is 10.1 Å². The molecule has 0 spiro atoms. The number of benzene rings is 3. The summed E-state index contributed by atoms with van der Waals surface area (Å²) in [6, 6.07) is 8.60. The Bertz CT molecular complexity index is 1480. The van der Waals surface area contributed by atoms with Crippen LogP contribution in [0.5, 0.6) is 0 Å². The van der Waals surface area contributed by atoms with E-state index in [4.69, 9.17) is 5.73 Å². The molecular formula is C22H14F4N2O5S. The van der Waals surface area contributed by atoms with Gasteiger partial charge in [-0.25, -0.2) is 4.39 Å². The predicted octanol–water partition coefficient (Wildman–Crippen LogP) is 4.52. The number of carbonyl (C=O) groups is 2. The van der Waals surface area contributed by atoms with E-state index < -0.39 is 67.5 Å². The van der Waals surface area contributed by atoms with Crippen LogP contribution in [0.25, 0.3) is 0 Å². The Morgan fingerprint density at radius 2 is 1.53 bits per heavy atom. The van der Waals surface area contributed by atoms with Gasteiger partial charge in [0.2, 0.25) is 0 Å². The number of rotatable bonds is 4. The smallest absolute Gasteiger partial charge is 0.397 e. The van der Waals surface area contributed by atoms with E-state index in [1.54, 1.807) is 0 Å². The first-order valence-corrected chi connectivity index (χ1v) is 10.9. The Kier molecular flexibility index (Phi) is 5.45. The molecule has 3 aromatic rings. The fourth-order valence-corrected chi connectivity index (χ4v) is 4.41. The molecule has 0 saturated carbocycles. The van der Waals surface area contributed by atoms with Crippen LogP contribution in [0.2, 0.25) is 0 Å². The van der Waals surface area contributed by atoms with Gasteiger partial charge in [0.15, 0.2) is 11.6 Å². The van der Waals surface area contributed by atoms with Crippen LogP contribution in [0.1, 0.15) is 43.0 Å². The number of anilines is 3. The topological polar surface area (TPSA) is 127 Å². The molecule has 3 aromatic carbocycles. The number of fused-ring (bicyclic) bond motifs is 2. The van der Waals surface area contributed by atoms with Crippen molar-refractivity contribution in [2.45, 2.75) is 17.7 Å². The van der Waals surface area contributed by atoms with Crippen LogP contribution in [0.15, 0.2) is 53.4 Å². The maximum absolute atomic E-state index is 13.3. The summed E-state index contributed by atoms with van der Waals surface area (Å²) in [7, 11) is -5.01. The molecule has 0 saturated heterocycles. The predicted molar refractivity (Wildman–Crippen MR) is 114 cm³/mol. The van der Waals surface area contributed by atoms with Crippen molar-refractivity contribution in [2.75, 3.05) is 11.1 Å². The number of nitrogen functional groups attached to an aromatic ring is 1. The normalized spacial score (nSPS) is 13.4. The summed E-state index contributed by atoms with van der Waals surface area (Å²) in [5.41, 5.74) is 1.85. The molecule has 12 heteroatoms. The second-order valence-corrected chi connectivity index (χ2v) is 8.83. The van der Waals surface area contributed by atoms with E-state index in [9.17, 15) is 40.1 Å². The van der Waals surface area contributed by atoms with Crippen LogP contribution in [-0.2, 0) is 23.0 Å². The lowest BCUT2D eigenvalue weighted by atomic mass is 9.82. The third kappa shape index (κ3) is 3.90. The molecular weight excluding hydrogens is 480 g/mol. The van der Waals surface area contributed by atoms with Crippen LogP contribution in [0.3, 0.4) is 0 Å². The maximum atomic E-state index is 13.3. The minimum atomic E-state index is -5.01. The van der Waals surface area contributed by atoms with Crippen molar-refractivity contribution in [1.29, 1.82) is 0 Å². The molecule has 0 fully saturated rings. The largest absolute Gasteiger partial charge is 0.416 e. The summed E-state index contributed by atoms with van der Waals surface area (Å²) < 4.78 is 86.5. The molecule has 0 unspecified atom stereocenters. The SMILES string of the molecule is Nc1c(S(=O)(=O)O)cc(Nc2cc(CF)cc(C(F)(F)F)c2)c2c1C(=O)c1ccccc1C2=O. The molecule has 1 aliphatic rings. The molecule has 0 atom stereocenters. The third-order valence-electron chi connectivity index (χ3n) is 5.23. The lowest BCUT2D eigenvalue weighted by molar-refractivity contribution is -0.137. The monoisotopic (exact) mass is 494 g/mol. The van der Waals surface area contributed by atoms with Crippen molar-refractivity contribution >= 4 is 38.7 Å². The van der Waals surface area contributed by atoms with Crippen LogP contribution >= 0.6 is 0 Å². The zero-order chi connectivity index (χ0) is 25.0. The molecule has 0 bridgehead atoms. The van der Waals surface area contributed by atoms with Crippen molar-refractivity contribution in [3.05, 3.63) is 81.9 Å². The highest BCUT2D eigenvalue weighted by atomic mass is 32.2. The summed E-state index contributed by atoms with van der Waals surface area (Å²) >= 11 is 0.